The number of rotatable bonds is 10. The van der Waals surface area contributed by atoms with Gasteiger partial charge < -0.3 is 15.2 Å². The number of imidazole rings is 1. The van der Waals surface area contributed by atoms with Crippen LogP contribution in [0.3, 0.4) is 0 Å². The van der Waals surface area contributed by atoms with Crippen LogP contribution < -0.4 is 10.6 Å². The highest BCUT2D eigenvalue weighted by Crippen LogP contribution is 2.44. The minimum atomic E-state index is -4.47. The molecule has 3 fully saturated rings. The third-order valence-electron chi connectivity index (χ3n) is 8.82. The number of carbonyl (C=O) groups excluding carboxylic acids is 2. The van der Waals surface area contributed by atoms with E-state index in [9.17, 15) is 31.5 Å². The molecule has 43 heavy (non-hydrogen) atoms. The second-order valence-electron chi connectivity index (χ2n) is 12.3. The Kier molecular flexibility index (Phi) is 7.66. The standard InChI is InChI=1S/C29H33F5N6O3/c1-15(29(32,33)34)10-23(41)37-24(16-2-3-16)19-11-22-36-21(13-40(22)35-12-19)26(18-6-8-28(30,31)9-7-18)38-27(42)20-14-43-39-25(20)17-4-5-17/h11-18,24,26H,2-10H2,1H3,(H,37,41)(H,38,42)/t15-,24+,26-/m0/s1. The summed E-state index contributed by atoms with van der Waals surface area (Å²) in [4.78, 5) is 30.6. The topological polar surface area (TPSA) is 114 Å². The predicted molar refractivity (Wildman–Crippen MR) is 142 cm³/mol. The quantitative estimate of drug-likeness (QED) is 0.271. The smallest absolute Gasteiger partial charge is 0.364 e. The highest BCUT2D eigenvalue weighted by atomic mass is 19.4. The lowest BCUT2D eigenvalue weighted by Crippen LogP contribution is -2.37. The van der Waals surface area contributed by atoms with E-state index in [-0.39, 0.29) is 43.4 Å². The van der Waals surface area contributed by atoms with E-state index in [4.69, 9.17) is 9.51 Å². The first kappa shape index (κ1) is 29.5. The maximum absolute atomic E-state index is 14.0. The Morgan fingerprint density at radius 2 is 1.77 bits per heavy atom. The van der Waals surface area contributed by atoms with Gasteiger partial charge in [0, 0.05) is 25.2 Å². The van der Waals surface area contributed by atoms with E-state index in [0.717, 1.165) is 32.6 Å². The number of aromatic nitrogens is 4. The summed E-state index contributed by atoms with van der Waals surface area (Å²) in [6, 6.07) is 0.515. The molecule has 3 aromatic heterocycles. The van der Waals surface area contributed by atoms with Crippen molar-refractivity contribution in [2.24, 2.45) is 17.8 Å². The Labute approximate surface area is 244 Å². The summed E-state index contributed by atoms with van der Waals surface area (Å²) in [5.74, 6) is -5.69. The van der Waals surface area contributed by atoms with Gasteiger partial charge in [0.05, 0.1) is 41.8 Å². The predicted octanol–water partition coefficient (Wildman–Crippen LogP) is 6.05. The fraction of sp³-hybridized carbons (Fsp3) is 0.621. The molecule has 0 unspecified atom stereocenters. The van der Waals surface area contributed by atoms with Gasteiger partial charge in [-0.2, -0.15) is 18.3 Å². The van der Waals surface area contributed by atoms with E-state index in [1.807, 2.05) is 0 Å². The molecule has 6 rings (SSSR count). The van der Waals surface area contributed by atoms with Crippen LogP contribution in [0.5, 0.6) is 0 Å². The van der Waals surface area contributed by atoms with Crippen LogP contribution in [0.2, 0.25) is 0 Å². The van der Waals surface area contributed by atoms with Gasteiger partial charge in [0.25, 0.3) is 5.91 Å². The van der Waals surface area contributed by atoms with E-state index in [1.165, 1.54) is 10.8 Å². The van der Waals surface area contributed by atoms with E-state index in [0.29, 0.717) is 28.2 Å². The van der Waals surface area contributed by atoms with Gasteiger partial charge in [-0.25, -0.2) is 18.3 Å². The second-order valence-corrected chi connectivity index (χ2v) is 12.3. The molecule has 3 heterocycles. The van der Waals surface area contributed by atoms with Crippen LogP contribution in [0.1, 0.15) is 110 Å². The minimum absolute atomic E-state index is 0.0731. The molecule has 0 bridgehead atoms. The van der Waals surface area contributed by atoms with Crippen LogP contribution >= 0.6 is 0 Å². The molecule has 3 aromatic rings. The summed E-state index contributed by atoms with van der Waals surface area (Å²) in [6.45, 7) is 0.976. The van der Waals surface area contributed by atoms with Crippen LogP contribution in [-0.4, -0.2) is 43.7 Å². The summed E-state index contributed by atoms with van der Waals surface area (Å²) in [7, 11) is 0. The molecule has 0 aliphatic heterocycles. The van der Waals surface area contributed by atoms with Gasteiger partial charge in [-0.15, -0.1) is 0 Å². The SMILES string of the molecule is C[C@@H](CC(=O)N[C@@H](c1cnn2cc([C@@H](NC(=O)c3conc3C3CC3)C3CCC(F)(F)CC3)nc2c1)C1CC1)C(F)(F)F. The van der Waals surface area contributed by atoms with Crippen molar-refractivity contribution in [1.82, 2.24) is 30.4 Å². The molecule has 0 radical (unpaired) electrons. The van der Waals surface area contributed by atoms with Crippen molar-refractivity contribution in [2.45, 2.75) is 94.8 Å². The lowest BCUT2D eigenvalue weighted by Gasteiger charge is -2.33. The molecule has 2 amide bonds. The van der Waals surface area contributed by atoms with Crippen molar-refractivity contribution in [1.29, 1.82) is 0 Å². The van der Waals surface area contributed by atoms with Crippen LogP contribution in [0.25, 0.3) is 5.65 Å². The number of alkyl halides is 5. The molecule has 14 heteroatoms. The minimum Gasteiger partial charge on any atom is -0.364 e. The molecule has 3 saturated carbocycles. The number of nitrogens with one attached hydrogen (secondary N) is 2. The lowest BCUT2D eigenvalue weighted by atomic mass is 9.81. The van der Waals surface area contributed by atoms with E-state index >= 15 is 0 Å². The van der Waals surface area contributed by atoms with Crippen molar-refractivity contribution < 1.29 is 36.1 Å². The first-order chi connectivity index (χ1) is 20.4. The van der Waals surface area contributed by atoms with Crippen LogP contribution in [-0.2, 0) is 4.79 Å². The number of nitrogens with zero attached hydrogens (tertiary/aromatic N) is 4. The molecule has 9 nitrogen and oxygen atoms in total. The van der Waals surface area contributed by atoms with Gasteiger partial charge in [-0.1, -0.05) is 12.1 Å². The molecule has 3 atom stereocenters. The van der Waals surface area contributed by atoms with Crippen molar-refractivity contribution in [3.8, 4) is 0 Å². The van der Waals surface area contributed by atoms with Gasteiger partial charge in [-0.05, 0) is 62.0 Å². The summed E-state index contributed by atoms with van der Waals surface area (Å²) >= 11 is 0. The Morgan fingerprint density at radius 1 is 1.07 bits per heavy atom. The molecule has 2 N–H and O–H groups in total. The van der Waals surface area contributed by atoms with Gasteiger partial charge in [0.2, 0.25) is 11.8 Å². The normalized spacial score (nSPS) is 21.3. The van der Waals surface area contributed by atoms with E-state index in [1.54, 1.807) is 18.5 Å². The number of hydrogen-bond donors (Lipinski definition) is 2. The summed E-state index contributed by atoms with van der Waals surface area (Å²) in [6.07, 6.45) is 2.60. The highest BCUT2D eigenvalue weighted by Gasteiger charge is 2.41. The molecule has 0 spiro atoms. The Hall–Kier alpha value is -3.58. The fourth-order valence-electron chi connectivity index (χ4n) is 5.87. The zero-order valence-corrected chi connectivity index (χ0v) is 23.5. The van der Waals surface area contributed by atoms with Crippen molar-refractivity contribution in [3.05, 3.63) is 47.2 Å². The Bertz CT molecular complexity index is 1490. The maximum atomic E-state index is 14.0. The molecule has 3 aliphatic rings. The van der Waals surface area contributed by atoms with Gasteiger partial charge >= 0.3 is 6.18 Å². The first-order valence-corrected chi connectivity index (χ1v) is 14.7. The molecular weight excluding hydrogens is 575 g/mol. The van der Waals surface area contributed by atoms with Crippen molar-refractivity contribution in [3.63, 3.8) is 0 Å². The first-order valence-electron chi connectivity index (χ1n) is 14.7. The number of hydrogen-bond acceptors (Lipinski definition) is 6. The number of halogens is 5. The third kappa shape index (κ3) is 6.67. The fourth-order valence-corrected chi connectivity index (χ4v) is 5.87. The van der Waals surface area contributed by atoms with Crippen LogP contribution in [0.15, 0.2) is 29.2 Å². The largest absolute Gasteiger partial charge is 0.392 e. The zero-order valence-electron chi connectivity index (χ0n) is 23.5. The second kappa shape index (κ2) is 11.2. The number of carbonyl (C=O) groups is 2. The third-order valence-corrected chi connectivity index (χ3v) is 8.82. The maximum Gasteiger partial charge on any atom is 0.392 e. The summed E-state index contributed by atoms with van der Waals surface area (Å²) in [5, 5.41) is 14.2. The average molecular weight is 609 g/mol. The monoisotopic (exact) mass is 608 g/mol. The zero-order chi connectivity index (χ0) is 30.5. The average Bonchev–Trinajstić information content (AvgIpc) is 3.88. The van der Waals surface area contributed by atoms with Gasteiger partial charge in [0.15, 0.2) is 5.65 Å². The van der Waals surface area contributed by atoms with Gasteiger partial charge in [-0.3, -0.25) is 9.59 Å². The van der Waals surface area contributed by atoms with Crippen molar-refractivity contribution in [2.75, 3.05) is 0 Å². The molecule has 0 saturated heterocycles. The molecule has 0 aromatic carbocycles. The molecular formula is C29H33F5N6O3. The van der Waals surface area contributed by atoms with Gasteiger partial charge in [0.1, 0.15) is 11.8 Å². The van der Waals surface area contributed by atoms with E-state index < -0.39 is 48.3 Å². The highest BCUT2D eigenvalue weighted by molar-refractivity contribution is 5.95. The lowest BCUT2D eigenvalue weighted by molar-refractivity contribution is -0.174. The van der Waals surface area contributed by atoms with E-state index in [2.05, 4.69) is 20.9 Å². The Morgan fingerprint density at radius 3 is 2.42 bits per heavy atom. The molecule has 232 valence electrons. The van der Waals surface area contributed by atoms with Crippen molar-refractivity contribution >= 4 is 17.5 Å². The molecule has 3 aliphatic carbocycles. The summed E-state index contributed by atoms with van der Waals surface area (Å²) in [5.41, 5.74) is 2.37. The van der Waals surface area contributed by atoms with Crippen LogP contribution in [0, 0.1) is 17.8 Å². The van der Waals surface area contributed by atoms with Crippen LogP contribution in [0.4, 0.5) is 22.0 Å². The number of fused-ring (bicyclic) bond motifs is 1. The Balaban J connectivity index is 1.25. The number of amides is 2. The summed E-state index contributed by atoms with van der Waals surface area (Å²) < 4.78 is 73.6.